The maximum atomic E-state index is 10.9. The van der Waals surface area contributed by atoms with Gasteiger partial charge in [-0.2, -0.15) is 26.6 Å². The second-order valence-electron chi connectivity index (χ2n) is 3.76. The molecule has 5 N–H and O–H groups in total. The van der Waals surface area contributed by atoms with Crippen LogP contribution in [-0.4, -0.2) is 71.8 Å². The molecule has 0 fully saturated rings. The summed E-state index contributed by atoms with van der Waals surface area (Å²) in [4.78, 5) is 20.2. The molecule has 0 aliphatic heterocycles. The first kappa shape index (κ1) is 25.2. The van der Waals surface area contributed by atoms with Gasteiger partial charge < -0.3 is 25.2 Å². The van der Waals surface area contributed by atoms with Crippen LogP contribution in [0.5, 0.6) is 0 Å². The molecule has 0 unspecified atom stereocenters. The molecule has 1 aromatic rings. The second kappa shape index (κ2) is 12.3. The van der Waals surface area contributed by atoms with Crippen molar-refractivity contribution in [2.75, 3.05) is 26.4 Å². The van der Waals surface area contributed by atoms with Crippen LogP contribution in [0.25, 0.3) is 0 Å². The van der Waals surface area contributed by atoms with Crippen LogP contribution in [0, 0.1) is 6.07 Å². The summed E-state index contributed by atoms with van der Waals surface area (Å²) in [7, 11) is -4.94. The van der Waals surface area contributed by atoms with Crippen molar-refractivity contribution in [1.82, 2.24) is 0 Å². The van der Waals surface area contributed by atoms with Gasteiger partial charge in [0.05, 0.1) is 26.4 Å². The number of hydrogen-bond donors (Lipinski definition) is 5. The number of rotatable bonds is 7. The van der Waals surface area contributed by atoms with Crippen LogP contribution >= 0.6 is 0 Å². The molecule has 0 saturated carbocycles. The molecule has 0 saturated heterocycles. The summed E-state index contributed by atoms with van der Waals surface area (Å²) < 4.78 is 35.2. The topological polar surface area (TPSA) is 179 Å². The van der Waals surface area contributed by atoms with Gasteiger partial charge in [0.2, 0.25) is 0 Å². The van der Waals surface area contributed by atoms with E-state index in [0.29, 0.717) is 13.2 Å². The fourth-order valence-electron chi connectivity index (χ4n) is 1.31. The van der Waals surface area contributed by atoms with E-state index in [2.05, 4.69) is 10.8 Å². The van der Waals surface area contributed by atoms with E-state index in [-0.39, 0.29) is 42.8 Å². The quantitative estimate of drug-likeness (QED) is 0.137. The molecule has 0 bridgehead atoms. The molecule has 0 aromatic heterocycles. The van der Waals surface area contributed by atoms with Gasteiger partial charge in [0, 0.05) is 4.90 Å². The van der Waals surface area contributed by atoms with Crippen LogP contribution in [-0.2, 0) is 14.9 Å². The maximum absolute atomic E-state index is 10.9. The van der Waals surface area contributed by atoms with Crippen LogP contribution in [0.4, 0.5) is 0 Å². The Kier molecular flexibility index (Phi) is 12.9. The van der Waals surface area contributed by atoms with E-state index in [9.17, 15) is 18.0 Å². The SMILES string of the molecule is O=C(O)c1c[c-]cc(C(=O)O)c1S(=O)(=O)O.OCCOCCO.[Na+]. The molecule has 0 aliphatic carbocycles. The predicted molar refractivity (Wildman–Crippen MR) is 74.0 cm³/mol. The molecule has 10 nitrogen and oxygen atoms in total. The molecule has 0 heterocycles. The second-order valence-corrected chi connectivity index (χ2v) is 5.12. The first-order chi connectivity index (χ1) is 10.7. The number of carbonyl (C=O) groups is 2. The largest absolute Gasteiger partial charge is 1.00 e. The van der Waals surface area contributed by atoms with Crippen molar-refractivity contribution in [3.63, 3.8) is 0 Å². The number of carboxylic acids is 2. The van der Waals surface area contributed by atoms with Gasteiger partial charge in [-0.25, -0.2) is 0 Å². The molecular weight excluding hydrogens is 359 g/mol. The van der Waals surface area contributed by atoms with Crippen molar-refractivity contribution in [3.05, 3.63) is 29.3 Å². The van der Waals surface area contributed by atoms with Gasteiger partial charge in [-0.15, -0.1) is 0 Å². The number of benzene rings is 1. The Morgan fingerprint density at radius 2 is 1.38 bits per heavy atom. The summed E-state index contributed by atoms with van der Waals surface area (Å²) in [6, 6.07) is 3.69. The molecule has 0 atom stereocenters. The van der Waals surface area contributed by atoms with Crippen molar-refractivity contribution in [2.24, 2.45) is 0 Å². The Labute approximate surface area is 159 Å². The minimum Gasteiger partial charge on any atom is -0.487 e. The van der Waals surface area contributed by atoms with Gasteiger partial charge in [0.25, 0.3) is 22.1 Å². The molecule has 0 radical (unpaired) electrons. The van der Waals surface area contributed by atoms with Crippen molar-refractivity contribution >= 4 is 22.1 Å². The van der Waals surface area contributed by atoms with Crippen LogP contribution in [0.2, 0.25) is 0 Å². The fraction of sp³-hybridized carbons (Fsp3) is 0.333. The minimum atomic E-state index is -4.94. The number of aromatic carboxylic acids is 2. The molecule has 12 heteroatoms. The van der Waals surface area contributed by atoms with E-state index in [1.807, 2.05) is 0 Å². The van der Waals surface area contributed by atoms with Crippen LogP contribution in [0.1, 0.15) is 20.7 Å². The Hall–Kier alpha value is -1.05. The predicted octanol–water partition coefficient (Wildman–Crippen LogP) is -3.88. The summed E-state index contributed by atoms with van der Waals surface area (Å²) in [5, 5.41) is 33.5. The Balaban J connectivity index is 0. The number of carboxylic acid groups (broad SMARTS) is 2. The van der Waals surface area contributed by atoms with E-state index in [1.54, 1.807) is 0 Å². The van der Waals surface area contributed by atoms with Crippen molar-refractivity contribution in [2.45, 2.75) is 4.90 Å². The zero-order valence-electron chi connectivity index (χ0n) is 12.7. The monoisotopic (exact) mass is 374 g/mol. The summed E-state index contributed by atoms with van der Waals surface area (Å²) in [6.07, 6.45) is 0. The number of aliphatic hydroxyl groups is 2. The van der Waals surface area contributed by atoms with Crippen LogP contribution in [0.3, 0.4) is 0 Å². The third-order valence-electron chi connectivity index (χ3n) is 2.13. The van der Waals surface area contributed by atoms with Gasteiger partial charge in [-0.3, -0.25) is 14.1 Å². The van der Waals surface area contributed by atoms with E-state index >= 15 is 0 Å². The van der Waals surface area contributed by atoms with Crippen molar-refractivity contribution in [3.8, 4) is 0 Å². The fourth-order valence-corrected chi connectivity index (χ4v) is 2.16. The van der Waals surface area contributed by atoms with Crippen molar-refractivity contribution < 1.29 is 77.3 Å². The molecule has 0 spiro atoms. The Morgan fingerprint density at radius 3 is 1.62 bits per heavy atom. The summed E-state index contributed by atoms with van der Waals surface area (Å²) in [5.74, 6) is -3.35. The molecule has 1 aromatic carbocycles. The summed E-state index contributed by atoms with van der Waals surface area (Å²) >= 11 is 0. The zero-order chi connectivity index (χ0) is 18.0. The molecule has 24 heavy (non-hydrogen) atoms. The maximum Gasteiger partial charge on any atom is 1.00 e. The standard InChI is InChI=1S/C8H5O7S.C4H10O3.Na/c9-7(10)4-2-1-3-5(8(11)12)6(4)16(13,14)15;5-1-3-7-4-2-6;/h2-3H,(H,9,10)(H,11,12)(H,13,14,15);5-6H,1-4H2;/q-1;;+1. The molecule has 0 aliphatic rings. The first-order valence-electron chi connectivity index (χ1n) is 5.94. The number of aliphatic hydroxyl groups excluding tert-OH is 2. The molecule has 130 valence electrons. The van der Waals surface area contributed by atoms with Crippen LogP contribution in [0.15, 0.2) is 17.0 Å². The molecule has 1 rings (SSSR count). The average molecular weight is 374 g/mol. The molecular formula is C12H15NaO10S. The van der Waals surface area contributed by atoms with Crippen LogP contribution < -0.4 is 29.6 Å². The van der Waals surface area contributed by atoms with E-state index < -0.39 is 38.1 Å². The average Bonchev–Trinajstić information content (AvgIpc) is 2.46. The summed E-state index contributed by atoms with van der Waals surface area (Å²) in [5.41, 5.74) is -1.69. The van der Waals surface area contributed by atoms with Gasteiger partial charge in [-0.05, 0) is 11.1 Å². The van der Waals surface area contributed by atoms with Gasteiger partial charge in [-0.1, -0.05) is 0 Å². The van der Waals surface area contributed by atoms with Crippen molar-refractivity contribution in [1.29, 1.82) is 0 Å². The van der Waals surface area contributed by atoms with E-state index in [0.717, 1.165) is 12.1 Å². The smallest absolute Gasteiger partial charge is 0.487 e. The van der Waals surface area contributed by atoms with Gasteiger partial charge in [0.15, 0.2) is 0 Å². The van der Waals surface area contributed by atoms with E-state index in [1.165, 1.54) is 0 Å². The number of ether oxygens (including phenoxy) is 1. The van der Waals surface area contributed by atoms with Gasteiger partial charge in [0.1, 0.15) is 0 Å². The van der Waals surface area contributed by atoms with Gasteiger partial charge >= 0.3 is 29.6 Å². The Morgan fingerprint density at radius 1 is 1.00 bits per heavy atom. The first-order valence-corrected chi connectivity index (χ1v) is 7.38. The molecule has 0 amide bonds. The minimum absolute atomic E-state index is 0. The third-order valence-corrected chi connectivity index (χ3v) is 3.09. The Bertz CT molecular complexity index is 607. The normalized spacial score (nSPS) is 10.1. The number of hydrogen-bond acceptors (Lipinski definition) is 7. The third kappa shape index (κ3) is 8.70. The zero-order valence-corrected chi connectivity index (χ0v) is 15.5. The van der Waals surface area contributed by atoms with E-state index in [4.69, 9.17) is 25.0 Å². The summed E-state index contributed by atoms with van der Waals surface area (Å²) in [6.45, 7) is 0.696.